The first-order chi connectivity index (χ1) is 11.7. The van der Waals surface area contributed by atoms with Crippen molar-refractivity contribution in [1.29, 1.82) is 0 Å². The summed E-state index contributed by atoms with van der Waals surface area (Å²) in [7, 11) is -3.25. The lowest BCUT2D eigenvalue weighted by molar-refractivity contribution is -0.0682. The Morgan fingerprint density at radius 1 is 1.04 bits per heavy atom. The molecule has 2 aliphatic carbocycles. The van der Waals surface area contributed by atoms with Crippen molar-refractivity contribution in [2.24, 2.45) is 23.2 Å². The van der Waals surface area contributed by atoms with E-state index in [1.54, 1.807) is 0 Å². The minimum Gasteiger partial charge on any atom is -0.212 e. The smallest absolute Gasteiger partial charge is 0.212 e. The van der Waals surface area contributed by atoms with Crippen LogP contribution in [0, 0.1) is 23.2 Å². The van der Waals surface area contributed by atoms with Crippen molar-refractivity contribution in [2.75, 3.05) is 0 Å². The molecule has 2 saturated carbocycles. The molecule has 0 spiro atoms. The molecule has 0 aromatic heterocycles. The minimum absolute atomic E-state index is 0.151. The fourth-order valence-corrected chi connectivity index (χ4v) is 7.94. The van der Waals surface area contributed by atoms with E-state index in [2.05, 4.69) is 20.8 Å². The van der Waals surface area contributed by atoms with Gasteiger partial charge in [0.05, 0.1) is 5.75 Å². The van der Waals surface area contributed by atoms with Gasteiger partial charge in [-0.3, -0.25) is 0 Å². The standard InChI is InChI=1S/C21H31NO2S/c1-21(2,3)13-19-17-9-16-10-18(12-17)22(20(19)11-16)25(23,24)14-15-7-5-4-6-8-15/h4-8,16-20H,9-14H2,1-3H3. The molecule has 4 heteroatoms. The second-order valence-electron chi connectivity index (χ2n) is 9.79. The van der Waals surface area contributed by atoms with E-state index in [4.69, 9.17) is 0 Å². The Balaban J connectivity index is 1.62. The van der Waals surface area contributed by atoms with E-state index >= 15 is 0 Å². The summed E-state index contributed by atoms with van der Waals surface area (Å²) in [5.74, 6) is 2.19. The lowest BCUT2D eigenvalue weighted by Crippen LogP contribution is -2.64. The third-order valence-electron chi connectivity index (χ3n) is 6.54. The van der Waals surface area contributed by atoms with Crippen LogP contribution in [0.25, 0.3) is 0 Å². The van der Waals surface area contributed by atoms with Gasteiger partial charge in [-0.2, -0.15) is 4.31 Å². The summed E-state index contributed by atoms with van der Waals surface area (Å²) in [4.78, 5) is 0. The molecule has 5 unspecified atom stereocenters. The van der Waals surface area contributed by atoms with Crippen LogP contribution in [0.15, 0.2) is 30.3 Å². The number of rotatable bonds is 4. The molecule has 4 aliphatic rings. The molecule has 3 nitrogen and oxygen atoms in total. The maximum Gasteiger partial charge on any atom is 0.218 e. The van der Waals surface area contributed by atoms with Crippen LogP contribution in [0.2, 0.25) is 0 Å². The van der Waals surface area contributed by atoms with Gasteiger partial charge in [-0.15, -0.1) is 0 Å². The molecule has 2 aliphatic heterocycles. The van der Waals surface area contributed by atoms with Crippen LogP contribution < -0.4 is 0 Å². The zero-order valence-corrected chi connectivity index (χ0v) is 16.5. The molecule has 138 valence electrons. The third kappa shape index (κ3) is 3.40. The summed E-state index contributed by atoms with van der Waals surface area (Å²) < 4.78 is 28.6. The first-order valence-electron chi connectivity index (χ1n) is 9.78. The molecule has 25 heavy (non-hydrogen) atoms. The molecule has 0 amide bonds. The van der Waals surface area contributed by atoms with Crippen LogP contribution in [0.3, 0.4) is 0 Å². The van der Waals surface area contributed by atoms with E-state index in [1.807, 2.05) is 34.6 Å². The Labute approximate surface area is 152 Å². The number of sulfonamides is 1. The molecule has 5 rings (SSSR count). The summed E-state index contributed by atoms with van der Waals surface area (Å²) in [5.41, 5.74) is 1.17. The predicted molar refractivity (Wildman–Crippen MR) is 101 cm³/mol. The molecule has 4 bridgehead atoms. The van der Waals surface area contributed by atoms with Gasteiger partial charge >= 0.3 is 0 Å². The number of benzene rings is 1. The van der Waals surface area contributed by atoms with Crippen LogP contribution in [-0.4, -0.2) is 24.8 Å². The third-order valence-corrected chi connectivity index (χ3v) is 8.45. The van der Waals surface area contributed by atoms with E-state index in [9.17, 15) is 8.42 Å². The highest BCUT2D eigenvalue weighted by molar-refractivity contribution is 7.88. The molecule has 2 heterocycles. The number of hydrogen-bond acceptors (Lipinski definition) is 2. The molecule has 0 N–H and O–H groups in total. The molecule has 2 saturated heterocycles. The van der Waals surface area contributed by atoms with Crippen molar-refractivity contribution >= 4 is 10.0 Å². The van der Waals surface area contributed by atoms with Crippen LogP contribution in [-0.2, 0) is 15.8 Å². The Bertz CT molecular complexity index is 722. The number of hydrogen-bond donors (Lipinski definition) is 0. The molecule has 0 radical (unpaired) electrons. The Morgan fingerprint density at radius 2 is 1.76 bits per heavy atom. The first-order valence-corrected chi connectivity index (χ1v) is 11.4. The second-order valence-corrected chi connectivity index (χ2v) is 11.7. The average Bonchev–Trinajstić information content (AvgIpc) is 2.49. The summed E-state index contributed by atoms with van der Waals surface area (Å²) in [5, 5.41) is 0. The van der Waals surface area contributed by atoms with Gasteiger partial charge in [0.25, 0.3) is 0 Å². The Kier molecular flexibility index (Phi) is 4.27. The minimum atomic E-state index is -3.25. The lowest BCUT2D eigenvalue weighted by atomic mass is 9.57. The summed E-state index contributed by atoms with van der Waals surface area (Å²) >= 11 is 0. The van der Waals surface area contributed by atoms with Gasteiger partial charge in [-0.25, -0.2) is 8.42 Å². The maximum atomic E-state index is 13.3. The fraction of sp³-hybridized carbons (Fsp3) is 0.714. The zero-order valence-electron chi connectivity index (χ0n) is 15.7. The number of nitrogens with zero attached hydrogens (tertiary/aromatic N) is 1. The largest absolute Gasteiger partial charge is 0.218 e. The van der Waals surface area contributed by atoms with Crippen molar-refractivity contribution in [3.8, 4) is 0 Å². The van der Waals surface area contributed by atoms with E-state index in [1.165, 1.54) is 6.42 Å². The fourth-order valence-electron chi connectivity index (χ4n) is 5.90. The Morgan fingerprint density at radius 3 is 2.44 bits per heavy atom. The summed E-state index contributed by atoms with van der Waals surface area (Å²) in [6.07, 6.45) is 5.73. The van der Waals surface area contributed by atoms with Crippen LogP contribution in [0.4, 0.5) is 0 Å². The van der Waals surface area contributed by atoms with Crippen molar-refractivity contribution in [2.45, 2.75) is 70.7 Å². The summed E-state index contributed by atoms with van der Waals surface area (Å²) in [6, 6.07) is 10.2. The highest BCUT2D eigenvalue weighted by atomic mass is 32.2. The first kappa shape index (κ1) is 17.5. The number of piperidine rings is 2. The summed E-state index contributed by atoms with van der Waals surface area (Å²) in [6.45, 7) is 6.88. The van der Waals surface area contributed by atoms with Gasteiger partial charge in [-0.05, 0) is 60.8 Å². The second kappa shape index (κ2) is 6.09. The molecular formula is C21H31NO2S. The molecular weight excluding hydrogens is 330 g/mol. The predicted octanol–water partition coefficient (Wildman–Crippen LogP) is 4.44. The van der Waals surface area contributed by atoms with Crippen LogP contribution in [0.5, 0.6) is 0 Å². The molecule has 1 aromatic carbocycles. The van der Waals surface area contributed by atoms with Gasteiger partial charge in [0.1, 0.15) is 0 Å². The Hall–Kier alpha value is -0.870. The average molecular weight is 362 g/mol. The highest BCUT2D eigenvalue weighted by Crippen LogP contribution is 2.55. The van der Waals surface area contributed by atoms with Gasteiger partial charge in [0.2, 0.25) is 10.0 Å². The van der Waals surface area contributed by atoms with Gasteiger partial charge in [-0.1, -0.05) is 51.1 Å². The van der Waals surface area contributed by atoms with E-state index in [0.29, 0.717) is 5.92 Å². The highest BCUT2D eigenvalue weighted by Gasteiger charge is 2.56. The van der Waals surface area contributed by atoms with Crippen molar-refractivity contribution in [3.05, 3.63) is 35.9 Å². The van der Waals surface area contributed by atoms with Crippen LogP contribution in [0.1, 0.15) is 58.4 Å². The van der Waals surface area contributed by atoms with Gasteiger partial charge in [0, 0.05) is 12.1 Å². The molecule has 5 atom stereocenters. The molecule has 1 aromatic rings. The molecule has 4 fully saturated rings. The van der Waals surface area contributed by atoms with E-state index in [-0.39, 0.29) is 23.3 Å². The quantitative estimate of drug-likeness (QED) is 0.795. The van der Waals surface area contributed by atoms with Crippen LogP contribution >= 0.6 is 0 Å². The topological polar surface area (TPSA) is 37.4 Å². The van der Waals surface area contributed by atoms with Crippen molar-refractivity contribution < 1.29 is 8.42 Å². The van der Waals surface area contributed by atoms with Gasteiger partial charge in [0.15, 0.2) is 0 Å². The zero-order chi connectivity index (χ0) is 17.8. The van der Waals surface area contributed by atoms with Gasteiger partial charge < -0.3 is 0 Å². The van der Waals surface area contributed by atoms with E-state index in [0.717, 1.165) is 43.1 Å². The maximum absolute atomic E-state index is 13.3. The monoisotopic (exact) mass is 361 g/mol. The van der Waals surface area contributed by atoms with Crippen molar-refractivity contribution in [1.82, 2.24) is 4.31 Å². The lowest BCUT2D eigenvalue weighted by Gasteiger charge is -2.60. The SMILES string of the molecule is CC(C)(C)CC1C2CC3CC(C2)N(S(=O)(=O)Cc2ccccc2)C1C3. The van der Waals surface area contributed by atoms with Crippen molar-refractivity contribution in [3.63, 3.8) is 0 Å². The normalized spacial score (nSPS) is 35.2. The van der Waals surface area contributed by atoms with E-state index < -0.39 is 10.0 Å².